The highest BCUT2D eigenvalue weighted by Crippen LogP contribution is 2.57. The number of rotatable bonds is 2. The van der Waals surface area contributed by atoms with Crippen LogP contribution in [-0.4, -0.2) is 17.7 Å². The van der Waals surface area contributed by atoms with E-state index in [0.29, 0.717) is 5.92 Å². The van der Waals surface area contributed by atoms with Crippen LogP contribution in [0.4, 0.5) is 10.5 Å². The van der Waals surface area contributed by atoms with Crippen LogP contribution in [0.2, 0.25) is 0 Å². The monoisotopic (exact) mass is 276 g/mol. The highest BCUT2D eigenvalue weighted by molar-refractivity contribution is 5.84. The van der Waals surface area contributed by atoms with E-state index < -0.39 is 11.7 Å². The summed E-state index contributed by atoms with van der Waals surface area (Å²) in [6.07, 6.45) is -0.436. The van der Waals surface area contributed by atoms with Gasteiger partial charge in [0.05, 0.1) is 0 Å². The van der Waals surface area contributed by atoms with Crippen LogP contribution in [0.3, 0.4) is 0 Å². The molecule has 110 valence electrons. The second-order valence-corrected chi connectivity index (χ2v) is 7.07. The van der Waals surface area contributed by atoms with E-state index in [2.05, 4.69) is 19.2 Å². The standard InChI is InChI=1S/C16H24N2O2/c1-15(2,3)20-14(19)18-11-8-6-10(7-9-11)12-13(17)16(12,4)5/h6-9,12-13H,17H2,1-5H3,(H,18,19). The van der Waals surface area contributed by atoms with E-state index in [1.807, 2.05) is 45.0 Å². The normalized spacial score (nSPS) is 24.1. The van der Waals surface area contributed by atoms with Crippen molar-refractivity contribution in [2.24, 2.45) is 11.1 Å². The van der Waals surface area contributed by atoms with Crippen LogP contribution in [0, 0.1) is 5.41 Å². The van der Waals surface area contributed by atoms with Crippen molar-refractivity contribution in [3.63, 3.8) is 0 Å². The first kappa shape index (κ1) is 14.9. The van der Waals surface area contributed by atoms with Gasteiger partial charge in [0.1, 0.15) is 5.60 Å². The third-order valence-corrected chi connectivity index (χ3v) is 3.83. The molecule has 0 aromatic heterocycles. The van der Waals surface area contributed by atoms with Gasteiger partial charge in [-0.05, 0) is 43.9 Å². The molecule has 0 radical (unpaired) electrons. The van der Waals surface area contributed by atoms with Crippen LogP contribution in [0.1, 0.15) is 46.1 Å². The number of nitrogens with one attached hydrogen (secondary N) is 1. The molecular formula is C16H24N2O2. The summed E-state index contributed by atoms with van der Waals surface area (Å²) in [6.45, 7) is 9.87. The van der Waals surface area contributed by atoms with Gasteiger partial charge < -0.3 is 10.5 Å². The van der Waals surface area contributed by atoms with Crippen LogP contribution >= 0.6 is 0 Å². The van der Waals surface area contributed by atoms with Crippen molar-refractivity contribution in [2.45, 2.75) is 52.2 Å². The molecular weight excluding hydrogens is 252 g/mol. The Morgan fingerprint density at radius 1 is 1.25 bits per heavy atom. The maximum atomic E-state index is 11.7. The quantitative estimate of drug-likeness (QED) is 0.869. The average Bonchev–Trinajstić information content (AvgIpc) is 2.77. The molecule has 1 aliphatic rings. The molecule has 0 saturated heterocycles. The molecule has 2 atom stereocenters. The first-order valence-electron chi connectivity index (χ1n) is 6.97. The predicted molar refractivity (Wildman–Crippen MR) is 80.8 cm³/mol. The lowest BCUT2D eigenvalue weighted by atomic mass is 10.0. The van der Waals surface area contributed by atoms with Gasteiger partial charge in [-0.3, -0.25) is 5.32 Å². The Kier molecular flexibility index (Phi) is 3.54. The van der Waals surface area contributed by atoms with Gasteiger partial charge in [-0.15, -0.1) is 0 Å². The predicted octanol–water partition coefficient (Wildman–Crippen LogP) is 3.48. The summed E-state index contributed by atoms with van der Waals surface area (Å²) in [4.78, 5) is 11.7. The molecule has 0 spiro atoms. The minimum absolute atomic E-state index is 0.167. The summed E-state index contributed by atoms with van der Waals surface area (Å²) in [5, 5.41) is 2.72. The molecule has 1 saturated carbocycles. The minimum Gasteiger partial charge on any atom is -0.444 e. The van der Waals surface area contributed by atoms with Crippen molar-refractivity contribution < 1.29 is 9.53 Å². The highest BCUT2D eigenvalue weighted by Gasteiger charge is 2.55. The molecule has 4 nitrogen and oxygen atoms in total. The van der Waals surface area contributed by atoms with E-state index >= 15 is 0 Å². The van der Waals surface area contributed by atoms with E-state index in [9.17, 15) is 4.79 Å². The number of carbonyl (C=O) groups is 1. The van der Waals surface area contributed by atoms with Crippen LogP contribution < -0.4 is 11.1 Å². The van der Waals surface area contributed by atoms with Crippen LogP contribution in [-0.2, 0) is 4.74 Å². The van der Waals surface area contributed by atoms with Gasteiger partial charge in [0.2, 0.25) is 0 Å². The number of amides is 1. The van der Waals surface area contributed by atoms with Crippen LogP contribution in [0.25, 0.3) is 0 Å². The SMILES string of the molecule is CC(C)(C)OC(=O)Nc1ccc(C2C(N)C2(C)C)cc1. The van der Waals surface area contributed by atoms with Crippen molar-refractivity contribution in [2.75, 3.05) is 5.32 Å². The Hall–Kier alpha value is -1.55. The first-order chi connectivity index (χ1) is 9.11. The molecule has 3 N–H and O–H groups in total. The van der Waals surface area contributed by atoms with Gasteiger partial charge in [0, 0.05) is 17.6 Å². The molecule has 1 fully saturated rings. The molecule has 0 bridgehead atoms. The van der Waals surface area contributed by atoms with E-state index in [-0.39, 0.29) is 11.5 Å². The molecule has 0 heterocycles. The maximum absolute atomic E-state index is 11.7. The van der Waals surface area contributed by atoms with E-state index in [1.54, 1.807) is 0 Å². The van der Waals surface area contributed by atoms with Gasteiger partial charge in [-0.2, -0.15) is 0 Å². The van der Waals surface area contributed by atoms with Crippen molar-refractivity contribution in [1.29, 1.82) is 0 Å². The number of benzene rings is 1. The fourth-order valence-corrected chi connectivity index (χ4v) is 2.51. The molecule has 4 heteroatoms. The van der Waals surface area contributed by atoms with Gasteiger partial charge in [0.15, 0.2) is 0 Å². The van der Waals surface area contributed by atoms with Crippen molar-refractivity contribution in [3.05, 3.63) is 29.8 Å². The Balaban J connectivity index is 1.98. The van der Waals surface area contributed by atoms with E-state index in [1.165, 1.54) is 5.56 Å². The zero-order valence-corrected chi connectivity index (χ0v) is 12.9. The Morgan fingerprint density at radius 2 is 1.75 bits per heavy atom. The Labute approximate surface area is 120 Å². The molecule has 1 aromatic carbocycles. The number of hydrogen-bond acceptors (Lipinski definition) is 3. The number of anilines is 1. The molecule has 2 rings (SSSR count). The lowest BCUT2D eigenvalue weighted by molar-refractivity contribution is 0.0636. The summed E-state index contributed by atoms with van der Waals surface area (Å²) in [6, 6.07) is 8.03. The molecule has 0 aliphatic heterocycles. The van der Waals surface area contributed by atoms with Gasteiger partial charge in [0.25, 0.3) is 0 Å². The van der Waals surface area contributed by atoms with Crippen molar-refractivity contribution >= 4 is 11.8 Å². The Morgan fingerprint density at radius 3 is 2.15 bits per heavy atom. The number of nitrogens with two attached hydrogens (primary N) is 1. The average molecular weight is 276 g/mol. The molecule has 20 heavy (non-hydrogen) atoms. The number of carbonyl (C=O) groups excluding carboxylic acids is 1. The van der Waals surface area contributed by atoms with Gasteiger partial charge in [-0.25, -0.2) is 4.79 Å². The molecule has 2 unspecified atom stereocenters. The summed E-state index contributed by atoms with van der Waals surface area (Å²) in [7, 11) is 0. The fourth-order valence-electron chi connectivity index (χ4n) is 2.51. The first-order valence-corrected chi connectivity index (χ1v) is 6.97. The third kappa shape index (κ3) is 3.12. The zero-order valence-electron chi connectivity index (χ0n) is 12.9. The summed E-state index contributed by atoms with van der Waals surface area (Å²) in [5.74, 6) is 0.401. The second-order valence-electron chi connectivity index (χ2n) is 7.07. The summed E-state index contributed by atoms with van der Waals surface area (Å²) < 4.78 is 5.21. The van der Waals surface area contributed by atoms with Crippen LogP contribution in [0.15, 0.2) is 24.3 Å². The fraction of sp³-hybridized carbons (Fsp3) is 0.562. The van der Waals surface area contributed by atoms with Crippen molar-refractivity contribution in [1.82, 2.24) is 0 Å². The molecule has 1 aromatic rings. The topological polar surface area (TPSA) is 64.3 Å². The Bertz CT molecular complexity index is 500. The highest BCUT2D eigenvalue weighted by atomic mass is 16.6. The maximum Gasteiger partial charge on any atom is 0.412 e. The largest absolute Gasteiger partial charge is 0.444 e. The van der Waals surface area contributed by atoms with E-state index in [4.69, 9.17) is 10.5 Å². The lowest BCUT2D eigenvalue weighted by Crippen LogP contribution is -2.27. The minimum atomic E-state index is -0.491. The van der Waals surface area contributed by atoms with E-state index in [0.717, 1.165) is 5.69 Å². The molecule has 1 amide bonds. The van der Waals surface area contributed by atoms with Gasteiger partial charge >= 0.3 is 6.09 Å². The van der Waals surface area contributed by atoms with Gasteiger partial charge in [-0.1, -0.05) is 26.0 Å². The lowest BCUT2D eigenvalue weighted by Gasteiger charge is -2.19. The zero-order chi connectivity index (χ0) is 15.1. The summed E-state index contributed by atoms with van der Waals surface area (Å²) >= 11 is 0. The number of ether oxygens (including phenoxy) is 1. The summed E-state index contributed by atoms with van der Waals surface area (Å²) in [5.41, 5.74) is 7.70. The van der Waals surface area contributed by atoms with Crippen molar-refractivity contribution in [3.8, 4) is 0 Å². The third-order valence-electron chi connectivity index (χ3n) is 3.83. The molecule has 1 aliphatic carbocycles. The number of hydrogen-bond donors (Lipinski definition) is 2. The smallest absolute Gasteiger partial charge is 0.412 e. The van der Waals surface area contributed by atoms with Crippen LogP contribution in [0.5, 0.6) is 0 Å². The second kappa shape index (κ2) is 4.77.